The molecule has 0 amide bonds. The fourth-order valence-corrected chi connectivity index (χ4v) is 3.16. The lowest BCUT2D eigenvalue weighted by Gasteiger charge is -2.08. The Morgan fingerprint density at radius 2 is 2.05 bits per heavy atom. The molecule has 21 heavy (non-hydrogen) atoms. The first-order valence-corrected chi connectivity index (χ1v) is 7.68. The first kappa shape index (κ1) is 13.9. The van der Waals surface area contributed by atoms with Gasteiger partial charge in [-0.25, -0.2) is 9.97 Å². The smallest absolute Gasteiger partial charge is 0.224 e. The van der Waals surface area contributed by atoms with Crippen molar-refractivity contribution in [3.8, 4) is 0 Å². The molecule has 0 saturated carbocycles. The van der Waals surface area contributed by atoms with Crippen molar-refractivity contribution >= 4 is 28.6 Å². The Balaban J connectivity index is 2.09. The van der Waals surface area contributed by atoms with E-state index in [4.69, 9.17) is 0 Å². The molecule has 0 aliphatic carbocycles. The van der Waals surface area contributed by atoms with Crippen LogP contribution in [-0.2, 0) is 7.05 Å². The Kier molecular flexibility index (Phi) is 3.79. The van der Waals surface area contributed by atoms with Gasteiger partial charge >= 0.3 is 0 Å². The number of rotatable bonds is 4. The lowest BCUT2D eigenvalue weighted by molar-refractivity contribution is 0.692. The maximum atomic E-state index is 4.64. The molecule has 1 N–H and O–H groups in total. The summed E-state index contributed by atoms with van der Waals surface area (Å²) in [6.07, 6.45) is 0. The first-order valence-electron chi connectivity index (χ1n) is 6.86. The number of para-hydroxylation sites is 1. The molecule has 108 valence electrons. The van der Waals surface area contributed by atoms with Crippen LogP contribution in [0.2, 0.25) is 0 Å². The summed E-state index contributed by atoms with van der Waals surface area (Å²) in [6, 6.07) is 10.1. The fraction of sp³-hybridized carbons (Fsp3) is 0.267. The van der Waals surface area contributed by atoms with Crippen LogP contribution in [0.5, 0.6) is 0 Å². The molecule has 6 heteroatoms. The summed E-state index contributed by atoms with van der Waals surface area (Å²) in [5, 5.41) is 10.6. The lowest BCUT2D eigenvalue weighted by atomic mass is 10.2. The summed E-state index contributed by atoms with van der Waals surface area (Å²) in [4.78, 5) is 9.17. The number of anilines is 1. The van der Waals surface area contributed by atoms with Gasteiger partial charge in [0, 0.05) is 19.0 Å². The van der Waals surface area contributed by atoms with Gasteiger partial charge in [-0.05, 0) is 37.7 Å². The second kappa shape index (κ2) is 5.73. The number of hydrogen-bond acceptors (Lipinski definition) is 5. The largest absolute Gasteiger partial charge is 0.354 e. The Morgan fingerprint density at radius 3 is 2.76 bits per heavy atom. The molecule has 0 aliphatic rings. The van der Waals surface area contributed by atoms with Gasteiger partial charge in [-0.1, -0.05) is 18.2 Å². The van der Waals surface area contributed by atoms with Gasteiger partial charge in [-0.3, -0.25) is 4.68 Å². The second-order valence-electron chi connectivity index (χ2n) is 4.75. The molecule has 0 atom stereocenters. The summed E-state index contributed by atoms with van der Waals surface area (Å²) in [5.41, 5.74) is 1.95. The third-order valence-corrected chi connectivity index (χ3v) is 4.16. The molecule has 1 aromatic carbocycles. The Hall–Kier alpha value is -2.08. The molecule has 0 spiro atoms. The average Bonchev–Trinajstić information content (AvgIpc) is 2.77. The molecule has 3 rings (SSSR count). The highest BCUT2D eigenvalue weighted by Crippen LogP contribution is 2.32. The monoisotopic (exact) mass is 299 g/mol. The zero-order valence-corrected chi connectivity index (χ0v) is 13.1. The van der Waals surface area contributed by atoms with E-state index in [1.54, 1.807) is 11.8 Å². The van der Waals surface area contributed by atoms with Crippen LogP contribution >= 0.6 is 11.8 Å². The number of hydrogen-bond donors (Lipinski definition) is 1. The van der Waals surface area contributed by atoms with E-state index in [9.17, 15) is 0 Å². The summed E-state index contributed by atoms with van der Waals surface area (Å²) < 4.78 is 1.88. The van der Waals surface area contributed by atoms with Crippen LogP contribution in [-0.4, -0.2) is 26.3 Å². The molecule has 3 aromatic rings. The van der Waals surface area contributed by atoms with Crippen molar-refractivity contribution in [1.29, 1.82) is 0 Å². The van der Waals surface area contributed by atoms with Crippen molar-refractivity contribution in [3.63, 3.8) is 0 Å². The van der Waals surface area contributed by atoms with Crippen molar-refractivity contribution in [2.45, 2.75) is 23.9 Å². The minimum atomic E-state index is 0.664. The van der Waals surface area contributed by atoms with Crippen LogP contribution in [0.4, 0.5) is 5.95 Å². The van der Waals surface area contributed by atoms with Crippen molar-refractivity contribution in [2.75, 3.05) is 11.9 Å². The number of benzene rings is 1. The van der Waals surface area contributed by atoms with Crippen molar-refractivity contribution in [1.82, 2.24) is 19.7 Å². The van der Waals surface area contributed by atoms with Crippen LogP contribution in [0, 0.1) is 6.92 Å². The molecule has 0 radical (unpaired) electrons. The summed E-state index contributed by atoms with van der Waals surface area (Å²) in [7, 11) is 1.95. The molecule has 0 saturated heterocycles. The third-order valence-electron chi connectivity index (χ3n) is 3.06. The number of aryl methyl sites for hydroxylation is 2. The molecular formula is C15H17N5S. The van der Waals surface area contributed by atoms with E-state index < -0.39 is 0 Å². The minimum Gasteiger partial charge on any atom is -0.354 e. The second-order valence-corrected chi connectivity index (χ2v) is 5.76. The topological polar surface area (TPSA) is 55.6 Å². The Labute approximate surface area is 127 Å². The van der Waals surface area contributed by atoms with Crippen LogP contribution in [0.1, 0.15) is 12.6 Å². The van der Waals surface area contributed by atoms with Gasteiger partial charge in [0.05, 0.1) is 11.2 Å². The number of aromatic nitrogens is 4. The van der Waals surface area contributed by atoms with Gasteiger partial charge in [0.25, 0.3) is 0 Å². The van der Waals surface area contributed by atoms with E-state index in [0.29, 0.717) is 5.95 Å². The molecule has 5 nitrogen and oxygen atoms in total. The zero-order valence-electron chi connectivity index (χ0n) is 12.3. The summed E-state index contributed by atoms with van der Waals surface area (Å²) in [5.74, 6) is 0.664. The molecule has 0 unspecified atom stereocenters. The van der Waals surface area contributed by atoms with Crippen molar-refractivity contribution in [2.24, 2.45) is 7.05 Å². The van der Waals surface area contributed by atoms with E-state index in [2.05, 4.69) is 32.5 Å². The Morgan fingerprint density at radius 1 is 1.24 bits per heavy atom. The number of nitrogens with zero attached hydrogens (tertiary/aromatic N) is 4. The standard InChI is InChI=1S/C15H17N5S/c1-4-16-15-17-12-8-6-5-7-11(12)14(18-15)21-13-9-10(2)19-20(13)3/h5-9H,4H2,1-3H3,(H,16,17,18). The van der Waals surface area contributed by atoms with Gasteiger partial charge in [0.2, 0.25) is 5.95 Å². The van der Waals surface area contributed by atoms with Crippen LogP contribution in [0.15, 0.2) is 40.4 Å². The molecular weight excluding hydrogens is 282 g/mol. The lowest BCUT2D eigenvalue weighted by Crippen LogP contribution is -2.03. The number of nitrogens with one attached hydrogen (secondary N) is 1. The highest BCUT2D eigenvalue weighted by molar-refractivity contribution is 7.99. The quantitative estimate of drug-likeness (QED) is 0.749. The van der Waals surface area contributed by atoms with Crippen molar-refractivity contribution in [3.05, 3.63) is 36.0 Å². The maximum Gasteiger partial charge on any atom is 0.224 e. The van der Waals surface area contributed by atoms with Crippen molar-refractivity contribution < 1.29 is 0 Å². The van der Waals surface area contributed by atoms with Gasteiger partial charge in [0.1, 0.15) is 10.1 Å². The average molecular weight is 299 g/mol. The molecule has 2 aromatic heterocycles. The van der Waals surface area contributed by atoms with Gasteiger partial charge in [-0.15, -0.1) is 0 Å². The first-order chi connectivity index (χ1) is 10.2. The zero-order chi connectivity index (χ0) is 14.8. The van der Waals surface area contributed by atoms with E-state index in [1.165, 1.54) is 0 Å². The highest BCUT2D eigenvalue weighted by Gasteiger charge is 2.11. The van der Waals surface area contributed by atoms with Crippen LogP contribution < -0.4 is 5.32 Å². The van der Waals surface area contributed by atoms with Gasteiger partial charge < -0.3 is 5.32 Å². The van der Waals surface area contributed by atoms with Gasteiger partial charge in [-0.2, -0.15) is 5.10 Å². The number of fused-ring (bicyclic) bond motifs is 1. The van der Waals surface area contributed by atoms with E-state index in [1.807, 2.05) is 43.8 Å². The predicted octanol–water partition coefficient (Wildman–Crippen LogP) is 3.25. The van der Waals surface area contributed by atoms with Crippen LogP contribution in [0.25, 0.3) is 10.9 Å². The fourth-order valence-electron chi connectivity index (χ4n) is 2.14. The highest BCUT2D eigenvalue weighted by atomic mass is 32.2. The van der Waals surface area contributed by atoms with Crippen LogP contribution in [0.3, 0.4) is 0 Å². The van der Waals surface area contributed by atoms with E-state index in [0.717, 1.165) is 33.2 Å². The Bertz CT molecular complexity index is 781. The van der Waals surface area contributed by atoms with E-state index >= 15 is 0 Å². The SMILES string of the molecule is CCNc1nc(Sc2cc(C)nn2C)c2ccccc2n1. The summed E-state index contributed by atoms with van der Waals surface area (Å²) >= 11 is 1.61. The summed E-state index contributed by atoms with van der Waals surface area (Å²) in [6.45, 7) is 4.83. The van der Waals surface area contributed by atoms with E-state index in [-0.39, 0.29) is 0 Å². The predicted molar refractivity (Wildman–Crippen MR) is 85.8 cm³/mol. The molecule has 0 bridgehead atoms. The normalized spacial score (nSPS) is 11.0. The molecule has 0 fully saturated rings. The molecule has 2 heterocycles. The van der Waals surface area contributed by atoms with Gasteiger partial charge in [0.15, 0.2) is 0 Å². The maximum absolute atomic E-state index is 4.64. The third kappa shape index (κ3) is 2.85. The molecule has 0 aliphatic heterocycles. The minimum absolute atomic E-state index is 0.664.